The predicted molar refractivity (Wildman–Crippen MR) is 133 cm³/mol. The van der Waals surface area contributed by atoms with Crippen LogP contribution in [0.3, 0.4) is 0 Å². The van der Waals surface area contributed by atoms with E-state index in [9.17, 15) is 29.8 Å². The maximum Gasteiger partial charge on any atom is 0.288 e. The van der Waals surface area contributed by atoms with E-state index in [1.165, 1.54) is 36.7 Å². The van der Waals surface area contributed by atoms with Crippen LogP contribution in [0.15, 0.2) is 70.9 Å². The monoisotopic (exact) mass is 528 g/mol. The number of carbonyl (C=O) groups excluding carboxylic acids is 2. The smallest absolute Gasteiger partial charge is 0.267 e. The molecule has 3 aromatic rings. The number of nitrogens with zero attached hydrogens (tertiary/aromatic N) is 4. The quantitative estimate of drug-likeness (QED) is 0.250. The second-order valence-corrected chi connectivity index (χ2v) is 7.73. The fourth-order valence-corrected chi connectivity index (χ4v) is 3.09. The van der Waals surface area contributed by atoms with Gasteiger partial charge in [0.1, 0.15) is 10.0 Å². The number of nitro groups is 2. The van der Waals surface area contributed by atoms with Crippen LogP contribution in [0.5, 0.6) is 0 Å². The maximum atomic E-state index is 12.1. The summed E-state index contributed by atoms with van der Waals surface area (Å²) in [5, 5.41) is 29.3. The zero-order valence-corrected chi connectivity index (χ0v) is 19.4. The van der Waals surface area contributed by atoms with Crippen LogP contribution in [0, 0.1) is 20.2 Å². The molecule has 2 amide bonds. The molecule has 182 valence electrons. The van der Waals surface area contributed by atoms with Gasteiger partial charge in [-0.15, -0.1) is 0 Å². The van der Waals surface area contributed by atoms with Crippen LogP contribution >= 0.6 is 23.2 Å². The number of carbonyl (C=O) groups is 2. The lowest BCUT2D eigenvalue weighted by molar-refractivity contribution is -0.384. The fourth-order valence-electron chi connectivity index (χ4n) is 2.72. The van der Waals surface area contributed by atoms with Crippen molar-refractivity contribution < 1.29 is 19.4 Å². The minimum Gasteiger partial charge on any atom is -0.267 e. The highest BCUT2D eigenvalue weighted by atomic mass is 35.5. The molecule has 0 aliphatic carbocycles. The number of rotatable bonds is 8. The Morgan fingerprint density at radius 3 is 1.39 bits per heavy atom. The van der Waals surface area contributed by atoms with E-state index >= 15 is 0 Å². The number of hydrogen-bond donors (Lipinski definition) is 2. The molecule has 12 nitrogen and oxygen atoms in total. The van der Waals surface area contributed by atoms with Crippen molar-refractivity contribution in [2.75, 3.05) is 0 Å². The van der Waals surface area contributed by atoms with Crippen LogP contribution in [0.25, 0.3) is 0 Å². The number of nitrogens with one attached hydrogen (secondary N) is 2. The summed E-state index contributed by atoms with van der Waals surface area (Å²) in [6, 6.07) is 13.9. The summed E-state index contributed by atoms with van der Waals surface area (Å²) in [5.74, 6) is -1.31. The molecule has 0 fully saturated rings. The molecule has 2 N–H and O–H groups in total. The highest BCUT2D eigenvalue weighted by Crippen LogP contribution is 2.25. The maximum absolute atomic E-state index is 12.1. The van der Waals surface area contributed by atoms with Crippen molar-refractivity contribution in [2.24, 2.45) is 10.2 Å². The minimum atomic E-state index is -0.692. The van der Waals surface area contributed by atoms with Gasteiger partial charge in [0, 0.05) is 23.3 Å². The van der Waals surface area contributed by atoms with Gasteiger partial charge < -0.3 is 0 Å². The van der Waals surface area contributed by atoms with E-state index in [1.807, 2.05) is 0 Å². The molecule has 0 heterocycles. The van der Waals surface area contributed by atoms with E-state index in [-0.39, 0.29) is 21.2 Å². The zero-order chi connectivity index (χ0) is 26.2. The molecule has 36 heavy (non-hydrogen) atoms. The zero-order valence-electron chi connectivity index (χ0n) is 17.9. The summed E-state index contributed by atoms with van der Waals surface area (Å²) < 4.78 is 0. The lowest BCUT2D eigenvalue weighted by atomic mass is 10.2. The summed E-state index contributed by atoms with van der Waals surface area (Å²) in [6.07, 6.45) is 2.72. The second kappa shape index (κ2) is 11.6. The summed E-state index contributed by atoms with van der Waals surface area (Å²) in [5.41, 5.74) is 5.02. The van der Waals surface area contributed by atoms with Crippen LogP contribution in [-0.2, 0) is 0 Å². The Balaban J connectivity index is 1.56. The Morgan fingerprint density at radius 2 is 1.06 bits per heavy atom. The molecule has 3 rings (SSSR count). The molecular formula is C22H14Cl2N6O6. The number of benzene rings is 3. The topological polar surface area (TPSA) is 169 Å². The second-order valence-electron chi connectivity index (χ2n) is 6.91. The van der Waals surface area contributed by atoms with E-state index in [1.54, 1.807) is 24.3 Å². The van der Waals surface area contributed by atoms with Gasteiger partial charge in [0.15, 0.2) is 0 Å². The lowest BCUT2D eigenvalue weighted by Gasteiger charge is -2.02. The van der Waals surface area contributed by atoms with E-state index in [0.29, 0.717) is 11.1 Å². The predicted octanol–water partition coefficient (Wildman–Crippen LogP) is 4.34. The average molecular weight is 529 g/mol. The molecule has 0 spiro atoms. The first-order valence-electron chi connectivity index (χ1n) is 9.80. The number of nitro benzene ring substituents is 2. The standard InChI is InChI=1S/C22H14Cl2N6O6/c23-17-7-5-15(9-19(17)29(33)34)21(31)27-25-11-13-1-2-14(4-3-13)12-26-28-22(32)16-6-8-18(24)20(10-16)30(35)36/h1-12H,(H,27,31)(H,28,32). The van der Waals surface area contributed by atoms with Crippen molar-refractivity contribution in [3.63, 3.8) is 0 Å². The molecule has 0 aliphatic rings. The fraction of sp³-hybridized carbons (Fsp3) is 0. The Labute approximate surface area is 212 Å². The first-order chi connectivity index (χ1) is 17.2. The molecule has 0 aromatic heterocycles. The minimum absolute atomic E-state index is 0.0186. The number of halogens is 2. The first kappa shape index (κ1) is 25.9. The lowest BCUT2D eigenvalue weighted by Crippen LogP contribution is -2.18. The summed E-state index contributed by atoms with van der Waals surface area (Å²) in [4.78, 5) is 44.8. The van der Waals surface area contributed by atoms with Gasteiger partial charge in [0.05, 0.1) is 22.3 Å². The third kappa shape index (κ3) is 6.68. The van der Waals surface area contributed by atoms with Crippen molar-refractivity contribution in [1.29, 1.82) is 0 Å². The molecule has 0 unspecified atom stereocenters. The number of hydrogen-bond acceptors (Lipinski definition) is 8. The normalized spacial score (nSPS) is 10.9. The van der Waals surface area contributed by atoms with Crippen LogP contribution in [0.4, 0.5) is 11.4 Å². The number of amides is 2. The van der Waals surface area contributed by atoms with Crippen LogP contribution in [0.2, 0.25) is 10.0 Å². The van der Waals surface area contributed by atoms with Crippen LogP contribution in [-0.4, -0.2) is 34.1 Å². The van der Waals surface area contributed by atoms with E-state index < -0.39 is 33.0 Å². The molecule has 0 bridgehead atoms. The Morgan fingerprint density at radius 1 is 0.694 bits per heavy atom. The van der Waals surface area contributed by atoms with Crippen molar-refractivity contribution in [3.8, 4) is 0 Å². The van der Waals surface area contributed by atoms with Crippen molar-refractivity contribution >= 4 is 58.8 Å². The van der Waals surface area contributed by atoms with Crippen LogP contribution in [0.1, 0.15) is 31.8 Å². The molecule has 0 radical (unpaired) electrons. The average Bonchev–Trinajstić information content (AvgIpc) is 2.85. The summed E-state index contributed by atoms with van der Waals surface area (Å²) in [7, 11) is 0. The first-order valence-corrected chi connectivity index (χ1v) is 10.6. The highest BCUT2D eigenvalue weighted by Gasteiger charge is 2.17. The van der Waals surface area contributed by atoms with Gasteiger partial charge in [-0.25, -0.2) is 10.9 Å². The van der Waals surface area contributed by atoms with Crippen molar-refractivity contribution in [2.45, 2.75) is 0 Å². The number of hydrazone groups is 2. The van der Waals surface area contributed by atoms with Crippen molar-refractivity contribution in [1.82, 2.24) is 10.9 Å². The van der Waals surface area contributed by atoms with Gasteiger partial charge in [-0.2, -0.15) is 10.2 Å². The van der Waals surface area contributed by atoms with Gasteiger partial charge in [-0.3, -0.25) is 29.8 Å². The van der Waals surface area contributed by atoms with Gasteiger partial charge >= 0.3 is 0 Å². The third-order valence-corrected chi connectivity index (χ3v) is 5.15. The molecule has 0 aliphatic heterocycles. The molecule has 3 aromatic carbocycles. The van der Waals surface area contributed by atoms with Gasteiger partial charge in [0.25, 0.3) is 23.2 Å². The van der Waals surface area contributed by atoms with Crippen LogP contribution < -0.4 is 10.9 Å². The Kier molecular flexibility index (Phi) is 8.39. The largest absolute Gasteiger partial charge is 0.288 e. The molecule has 0 saturated heterocycles. The summed E-state index contributed by atoms with van der Waals surface area (Å²) in [6.45, 7) is 0. The summed E-state index contributed by atoms with van der Waals surface area (Å²) >= 11 is 11.5. The van der Waals surface area contributed by atoms with E-state index in [2.05, 4.69) is 21.1 Å². The highest BCUT2D eigenvalue weighted by molar-refractivity contribution is 6.33. The Bertz CT molecular complexity index is 1300. The molecule has 14 heteroatoms. The van der Waals surface area contributed by atoms with Gasteiger partial charge in [-0.1, -0.05) is 47.5 Å². The van der Waals surface area contributed by atoms with Gasteiger partial charge in [-0.05, 0) is 35.4 Å². The van der Waals surface area contributed by atoms with Gasteiger partial charge in [0.2, 0.25) is 0 Å². The third-order valence-electron chi connectivity index (χ3n) is 4.51. The van der Waals surface area contributed by atoms with E-state index in [0.717, 1.165) is 12.1 Å². The Hall–Kier alpha value is -4.68. The van der Waals surface area contributed by atoms with E-state index in [4.69, 9.17) is 23.2 Å². The molecular weight excluding hydrogens is 515 g/mol. The molecule has 0 atom stereocenters. The van der Waals surface area contributed by atoms with Crippen molar-refractivity contribution in [3.05, 3.63) is 113 Å². The SMILES string of the molecule is O=C(NN=Cc1ccc(C=NNC(=O)c2ccc(Cl)c([N+](=O)[O-])c2)cc1)c1ccc(Cl)c([N+](=O)[O-])c1. The molecule has 0 saturated carbocycles.